The minimum Gasteiger partial charge on any atom is -0.726 e. The van der Waals surface area contributed by atoms with Crippen LogP contribution in [0, 0.1) is 46.3 Å². The van der Waals surface area contributed by atoms with Crippen molar-refractivity contribution in [3.63, 3.8) is 0 Å². The van der Waals surface area contributed by atoms with Gasteiger partial charge in [-0.15, -0.1) is 0 Å². The molecule has 0 aromatic heterocycles. The average Bonchev–Trinajstić information content (AvgIpc) is 3.02. The number of fused-ring (bicyclic) bond motifs is 5. The van der Waals surface area contributed by atoms with Gasteiger partial charge in [0.15, 0.2) is 0 Å². The predicted molar refractivity (Wildman–Crippen MR) is 117 cm³/mol. The van der Waals surface area contributed by atoms with Gasteiger partial charge in [0.1, 0.15) is 0 Å². The van der Waals surface area contributed by atoms with E-state index in [4.69, 9.17) is 4.18 Å². The summed E-state index contributed by atoms with van der Waals surface area (Å²) >= 11 is 0. The fourth-order valence-corrected chi connectivity index (χ4v) is 9.50. The van der Waals surface area contributed by atoms with Crippen molar-refractivity contribution in [3.05, 3.63) is 0 Å². The fraction of sp³-hybridized carbons (Fsp3) is 0.958. The van der Waals surface area contributed by atoms with Gasteiger partial charge in [0.05, 0.1) is 6.10 Å². The third kappa shape index (κ3) is 6.47. The number of carboxylic acids is 1. The Hall–Kier alpha value is 1.30. The Kier molecular flexibility index (Phi) is 12.2. The SMILES string of the molecule is C[C@H](CCC(=O)[O-])[C@H]1CC[C@H]2[C@@H]3CC[C@@H]4C[C@H](OS(=O)(=O)[O-])CC[C@]4(C)[C@H]3CC[C@]12C.O.[Na+].[Na+]. The number of rotatable bonds is 6. The van der Waals surface area contributed by atoms with Crippen LogP contribution in [-0.2, 0) is 19.4 Å². The molecule has 0 heterocycles. The van der Waals surface area contributed by atoms with Crippen LogP contribution in [0.1, 0.15) is 91.4 Å². The first-order chi connectivity index (χ1) is 14.4. The van der Waals surface area contributed by atoms with Crippen molar-refractivity contribution in [2.24, 2.45) is 46.3 Å². The Morgan fingerprint density at radius 2 is 1.62 bits per heavy atom. The number of hydrogen-bond acceptors (Lipinski definition) is 6. The van der Waals surface area contributed by atoms with Crippen LogP contribution in [0.5, 0.6) is 0 Å². The van der Waals surface area contributed by atoms with E-state index in [0.717, 1.165) is 12.8 Å². The van der Waals surface area contributed by atoms with Crippen LogP contribution in [0.15, 0.2) is 0 Å². The third-order valence-electron chi connectivity index (χ3n) is 10.4. The summed E-state index contributed by atoms with van der Waals surface area (Å²) in [5.74, 6) is 2.57. The standard InChI is InChI=1S/C24H40O6S.2Na.H2O/c1-15(4-9-22(25)26)19-7-8-20-18-6-5-16-14-17(30-31(27,28)29)10-12-23(16,2)21(18)11-13-24(19,20)3;;;/h15-21H,4-14H2,1-3H3,(H,25,26)(H,27,28,29);;;1H2/q;2*+1;/p-2/t15-,16-,17-,18+,19-,20+,21+,23+,24-;;;/m1.../s1. The maximum absolute atomic E-state index is 11.1. The van der Waals surface area contributed by atoms with Crippen molar-refractivity contribution in [1.82, 2.24) is 0 Å². The van der Waals surface area contributed by atoms with Crippen LogP contribution < -0.4 is 64.2 Å². The largest absolute Gasteiger partial charge is 1.00 e. The molecule has 2 N–H and O–H groups in total. The van der Waals surface area contributed by atoms with Crippen LogP contribution in [0.25, 0.3) is 0 Å². The van der Waals surface area contributed by atoms with Gasteiger partial charge >= 0.3 is 59.1 Å². The molecule has 4 fully saturated rings. The molecular formula is C24H40Na2O7S. The summed E-state index contributed by atoms with van der Waals surface area (Å²) in [6.45, 7) is 7.12. The summed E-state index contributed by atoms with van der Waals surface area (Å²) < 4.78 is 38.1. The quantitative estimate of drug-likeness (QED) is 0.207. The topological polar surface area (TPSA) is 138 Å². The second-order valence-electron chi connectivity index (χ2n) is 11.7. The van der Waals surface area contributed by atoms with E-state index >= 15 is 0 Å². The summed E-state index contributed by atoms with van der Waals surface area (Å²) in [5.41, 5.74) is 0.502. The number of aliphatic carboxylic acids is 1. The van der Waals surface area contributed by atoms with Crippen LogP contribution >= 0.6 is 0 Å². The van der Waals surface area contributed by atoms with Crippen LogP contribution in [0.3, 0.4) is 0 Å². The first kappa shape index (κ1) is 33.3. The molecule has 0 radical (unpaired) electrons. The van der Waals surface area contributed by atoms with Crippen LogP contribution in [0.4, 0.5) is 0 Å². The van der Waals surface area contributed by atoms with Gasteiger partial charge in [-0.25, -0.2) is 8.42 Å². The average molecular weight is 519 g/mol. The van der Waals surface area contributed by atoms with Crippen molar-refractivity contribution < 1.29 is 91.6 Å². The molecule has 0 aromatic carbocycles. The molecule has 0 aromatic rings. The molecule has 4 saturated carbocycles. The van der Waals surface area contributed by atoms with Gasteiger partial charge < -0.3 is 19.9 Å². The summed E-state index contributed by atoms with van der Waals surface area (Å²) in [4.78, 5) is 11.0. The smallest absolute Gasteiger partial charge is 0.726 e. The molecular weight excluding hydrogens is 478 g/mol. The number of carbonyl (C=O) groups excluding carboxylic acids is 1. The second kappa shape index (κ2) is 12.4. The zero-order chi connectivity index (χ0) is 22.6. The molecule has 4 rings (SSSR count). The molecule has 0 bridgehead atoms. The summed E-state index contributed by atoms with van der Waals surface area (Å²) in [7, 11) is -4.64. The Labute approximate surface area is 249 Å². The Morgan fingerprint density at radius 3 is 2.24 bits per heavy atom. The van der Waals surface area contributed by atoms with E-state index in [2.05, 4.69) is 20.8 Å². The Morgan fingerprint density at radius 1 is 1.00 bits per heavy atom. The van der Waals surface area contributed by atoms with Crippen LogP contribution in [0.2, 0.25) is 0 Å². The van der Waals surface area contributed by atoms with E-state index < -0.39 is 22.5 Å². The molecule has 0 aliphatic heterocycles. The molecule has 0 spiro atoms. The van der Waals surface area contributed by atoms with Crippen molar-refractivity contribution in [3.8, 4) is 0 Å². The van der Waals surface area contributed by atoms with Gasteiger partial charge in [0, 0.05) is 5.97 Å². The Bertz CT molecular complexity index is 809. The third-order valence-corrected chi connectivity index (χ3v) is 10.9. The van der Waals surface area contributed by atoms with Crippen molar-refractivity contribution >= 4 is 16.4 Å². The van der Waals surface area contributed by atoms with Gasteiger partial charge in [0.2, 0.25) is 10.4 Å². The summed E-state index contributed by atoms with van der Waals surface area (Å²) in [6.07, 6.45) is 9.84. The van der Waals surface area contributed by atoms with E-state index in [-0.39, 0.29) is 76.4 Å². The van der Waals surface area contributed by atoms with E-state index in [1.54, 1.807) is 0 Å². The molecule has 34 heavy (non-hydrogen) atoms. The summed E-state index contributed by atoms with van der Waals surface area (Å²) in [6, 6.07) is 0. The normalized spacial score (nSPS) is 41.9. The Balaban J connectivity index is 0.00000193. The van der Waals surface area contributed by atoms with Gasteiger partial charge in [-0.3, -0.25) is 4.18 Å². The molecule has 7 nitrogen and oxygen atoms in total. The molecule has 9 atom stereocenters. The van der Waals surface area contributed by atoms with E-state index in [1.165, 1.54) is 32.1 Å². The van der Waals surface area contributed by atoms with E-state index in [1.807, 2.05) is 0 Å². The van der Waals surface area contributed by atoms with Crippen molar-refractivity contribution in [2.75, 3.05) is 0 Å². The molecule has 0 unspecified atom stereocenters. The maximum Gasteiger partial charge on any atom is 1.00 e. The number of carboxylic acid groups (broad SMARTS) is 1. The fourth-order valence-electron chi connectivity index (χ4n) is 8.99. The zero-order valence-corrected chi connectivity index (χ0v) is 26.5. The molecule has 10 heteroatoms. The van der Waals surface area contributed by atoms with E-state index in [0.29, 0.717) is 60.2 Å². The second-order valence-corrected chi connectivity index (χ2v) is 12.7. The van der Waals surface area contributed by atoms with Crippen LogP contribution in [-0.4, -0.2) is 30.5 Å². The monoisotopic (exact) mass is 518 g/mol. The van der Waals surface area contributed by atoms with Gasteiger partial charge in [0.25, 0.3) is 0 Å². The molecule has 186 valence electrons. The molecule has 0 amide bonds. The minimum absolute atomic E-state index is 0. The van der Waals surface area contributed by atoms with Crippen molar-refractivity contribution in [2.45, 2.75) is 97.5 Å². The summed E-state index contributed by atoms with van der Waals surface area (Å²) in [5, 5.41) is 11.0. The van der Waals surface area contributed by atoms with Gasteiger partial charge in [-0.1, -0.05) is 20.8 Å². The molecule has 4 aliphatic rings. The number of hydrogen-bond donors (Lipinski definition) is 0. The van der Waals surface area contributed by atoms with Gasteiger partial charge in [-0.2, -0.15) is 0 Å². The number of carbonyl (C=O) groups is 1. The first-order valence-corrected chi connectivity index (χ1v) is 13.6. The van der Waals surface area contributed by atoms with Gasteiger partial charge in [-0.05, 0) is 117 Å². The predicted octanol–water partition coefficient (Wildman–Crippen LogP) is -3.16. The molecule has 0 saturated heterocycles. The van der Waals surface area contributed by atoms with Crippen molar-refractivity contribution in [1.29, 1.82) is 0 Å². The maximum atomic E-state index is 11.1. The minimum atomic E-state index is -4.64. The first-order valence-electron chi connectivity index (χ1n) is 12.3. The molecule has 4 aliphatic carbocycles. The zero-order valence-electron chi connectivity index (χ0n) is 21.7. The van der Waals surface area contributed by atoms with E-state index in [9.17, 15) is 22.9 Å².